The van der Waals surface area contributed by atoms with E-state index < -0.39 is 5.60 Å². The maximum absolute atomic E-state index is 12.2. The van der Waals surface area contributed by atoms with Crippen LogP contribution in [0.3, 0.4) is 0 Å². The quantitative estimate of drug-likeness (QED) is 0.755. The van der Waals surface area contributed by atoms with Gasteiger partial charge in [-0.1, -0.05) is 0 Å². The highest BCUT2D eigenvalue weighted by Gasteiger charge is 2.58. The Hall–Kier alpha value is -0.900. The first-order valence-corrected chi connectivity index (χ1v) is 9.42. The fourth-order valence-electron chi connectivity index (χ4n) is 6.55. The van der Waals surface area contributed by atoms with Gasteiger partial charge in [-0.3, -0.25) is 9.59 Å². The largest absolute Gasteiger partial charge is 0.463 e. The summed E-state index contributed by atoms with van der Waals surface area (Å²) >= 11 is 0. The fourth-order valence-corrected chi connectivity index (χ4v) is 6.55. The summed E-state index contributed by atoms with van der Waals surface area (Å²) in [5, 5.41) is 10.9. The summed E-state index contributed by atoms with van der Waals surface area (Å²) < 4.78 is 5.50. The molecular weight excluding hydrogens is 292 g/mol. The van der Waals surface area contributed by atoms with E-state index in [4.69, 9.17) is 4.74 Å². The molecule has 0 aromatic carbocycles. The Kier molecular flexibility index (Phi) is 3.79. The molecule has 1 N–H and O–H groups in total. The first kappa shape index (κ1) is 15.6. The van der Waals surface area contributed by atoms with Crippen molar-refractivity contribution in [2.75, 3.05) is 0 Å². The number of esters is 1. The third kappa shape index (κ3) is 2.45. The van der Waals surface area contributed by atoms with Gasteiger partial charge in [0.25, 0.3) is 0 Å². The number of ether oxygens (including phenoxy) is 1. The van der Waals surface area contributed by atoms with E-state index in [1.807, 2.05) is 0 Å². The van der Waals surface area contributed by atoms with Crippen molar-refractivity contribution >= 4 is 11.8 Å². The van der Waals surface area contributed by atoms with E-state index in [9.17, 15) is 14.7 Å². The molecule has 4 aliphatic rings. The van der Waals surface area contributed by atoms with Gasteiger partial charge in [0.1, 0.15) is 11.7 Å². The third-order valence-electron chi connectivity index (χ3n) is 7.46. The molecule has 23 heavy (non-hydrogen) atoms. The highest BCUT2D eigenvalue weighted by atomic mass is 16.5. The number of Topliss-reactive ketones (excluding diaryl/α,β-unsaturated/α-hetero) is 1. The average Bonchev–Trinajstić information content (AvgIpc) is 2.82. The Morgan fingerprint density at radius 3 is 2.65 bits per heavy atom. The van der Waals surface area contributed by atoms with Crippen LogP contribution in [-0.2, 0) is 14.3 Å². The Bertz CT molecular complexity index is 515. The van der Waals surface area contributed by atoms with Gasteiger partial charge in [-0.25, -0.2) is 0 Å². The van der Waals surface area contributed by atoms with Gasteiger partial charge >= 0.3 is 5.97 Å². The number of carbonyl (C=O) groups is 2. The van der Waals surface area contributed by atoms with Crippen LogP contribution in [0.25, 0.3) is 0 Å². The molecule has 4 aliphatic carbocycles. The number of aliphatic hydroxyl groups is 1. The Morgan fingerprint density at radius 2 is 1.87 bits per heavy atom. The summed E-state index contributed by atoms with van der Waals surface area (Å²) in [4.78, 5) is 23.4. The van der Waals surface area contributed by atoms with Crippen molar-refractivity contribution in [3.63, 3.8) is 0 Å². The van der Waals surface area contributed by atoms with Gasteiger partial charge < -0.3 is 9.84 Å². The van der Waals surface area contributed by atoms with E-state index >= 15 is 0 Å². The van der Waals surface area contributed by atoms with Crippen molar-refractivity contribution in [2.24, 2.45) is 29.6 Å². The minimum atomic E-state index is -1.02. The lowest BCUT2D eigenvalue weighted by atomic mass is 9.52. The molecule has 4 nitrogen and oxygen atoms in total. The number of hydrogen-bond donors (Lipinski definition) is 1. The van der Waals surface area contributed by atoms with Crippen molar-refractivity contribution < 1.29 is 19.4 Å². The Labute approximate surface area is 138 Å². The van der Waals surface area contributed by atoms with Crippen LogP contribution in [-0.4, -0.2) is 28.6 Å². The second-order valence-corrected chi connectivity index (χ2v) is 8.40. The van der Waals surface area contributed by atoms with Crippen LogP contribution < -0.4 is 0 Å². The average molecular weight is 320 g/mol. The van der Waals surface area contributed by atoms with Gasteiger partial charge in [0.15, 0.2) is 5.78 Å². The predicted octanol–water partition coefficient (Wildman–Crippen LogP) is 2.86. The Morgan fingerprint density at radius 1 is 1.09 bits per heavy atom. The van der Waals surface area contributed by atoms with Crippen molar-refractivity contribution in [2.45, 2.75) is 76.4 Å². The molecule has 4 rings (SSSR count). The van der Waals surface area contributed by atoms with Crippen LogP contribution in [0.1, 0.15) is 64.7 Å². The molecule has 4 fully saturated rings. The van der Waals surface area contributed by atoms with E-state index in [1.165, 1.54) is 26.2 Å². The van der Waals surface area contributed by atoms with E-state index in [0.29, 0.717) is 30.6 Å². The third-order valence-corrected chi connectivity index (χ3v) is 7.46. The molecule has 128 valence electrons. The lowest BCUT2D eigenvalue weighted by molar-refractivity contribution is -0.159. The topological polar surface area (TPSA) is 63.6 Å². The molecule has 0 aromatic rings. The molecule has 0 amide bonds. The zero-order valence-corrected chi connectivity index (χ0v) is 14.0. The maximum atomic E-state index is 12.2. The molecular formula is C19H28O4. The molecule has 0 bridgehead atoms. The van der Waals surface area contributed by atoms with Crippen LogP contribution >= 0.6 is 0 Å². The summed E-state index contributed by atoms with van der Waals surface area (Å²) in [6.07, 6.45) is 8.70. The highest BCUT2D eigenvalue weighted by molar-refractivity contribution is 5.89. The van der Waals surface area contributed by atoms with Crippen molar-refractivity contribution in [1.29, 1.82) is 0 Å². The van der Waals surface area contributed by atoms with Gasteiger partial charge in [-0.2, -0.15) is 0 Å². The molecule has 4 heteroatoms. The minimum Gasteiger partial charge on any atom is -0.463 e. The van der Waals surface area contributed by atoms with Gasteiger partial charge in [0.2, 0.25) is 0 Å². The van der Waals surface area contributed by atoms with E-state index in [1.54, 1.807) is 0 Å². The summed E-state index contributed by atoms with van der Waals surface area (Å²) in [5.41, 5.74) is -1.02. The van der Waals surface area contributed by atoms with Gasteiger partial charge in [-0.15, -0.1) is 0 Å². The molecule has 4 saturated carbocycles. The summed E-state index contributed by atoms with van der Waals surface area (Å²) in [5.74, 6) is 2.59. The van der Waals surface area contributed by atoms with E-state index in [-0.39, 0.29) is 23.8 Å². The van der Waals surface area contributed by atoms with Crippen LogP contribution in [0, 0.1) is 29.6 Å². The molecule has 0 spiro atoms. The molecule has 0 heterocycles. The lowest BCUT2D eigenvalue weighted by Crippen LogP contribution is -2.53. The van der Waals surface area contributed by atoms with Crippen LogP contribution in [0.15, 0.2) is 0 Å². The molecule has 0 aliphatic heterocycles. The van der Waals surface area contributed by atoms with E-state index in [2.05, 4.69) is 0 Å². The summed E-state index contributed by atoms with van der Waals surface area (Å²) in [6, 6.07) is 0. The molecule has 7 atom stereocenters. The van der Waals surface area contributed by atoms with Gasteiger partial charge in [-0.05, 0) is 81.0 Å². The zero-order chi connectivity index (χ0) is 16.2. The number of fused-ring (bicyclic) bond motifs is 5. The van der Waals surface area contributed by atoms with Gasteiger partial charge in [0.05, 0.1) is 0 Å². The first-order chi connectivity index (χ1) is 11.0. The second-order valence-electron chi connectivity index (χ2n) is 8.40. The number of carbonyl (C=O) groups excluding carboxylic acids is 2. The summed E-state index contributed by atoms with van der Waals surface area (Å²) in [7, 11) is 0. The molecule has 0 unspecified atom stereocenters. The number of rotatable bonds is 1. The predicted molar refractivity (Wildman–Crippen MR) is 84.5 cm³/mol. The van der Waals surface area contributed by atoms with Crippen molar-refractivity contribution in [3.05, 3.63) is 0 Å². The molecule has 0 aromatic heterocycles. The van der Waals surface area contributed by atoms with Crippen LogP contribution in [0.2, 0.25) is 0 Å². The SMILES string of the molecule is CC(=O)O[C@@H]1CC[C@@H]2CC[C@@H]3[C@H](CC[C@]4(O)C(=O)CC[C@@H]34)[C@H]2C1. The number of hydrogen-bond acceptors (Lipinski definition) is 4. The summed E-state index contributed by atoms with van der Waals surface area (Å²) in [6.45, 7) is 1.50. The molecule has 0 radical (unpaired) electrons. The zero-order valence-electron chi connectivity index (χ0n) is 14.0. The smallest absolute Gasteiger partial charge is 0.302 e. The van der Waals surface area contributed by atoms with Crippen LogP contribution in [0.4, 0.5) is 0 Å². The highest BCUT2D eigenvalue weighted by Crippen LogP contribution is 2.58. The maximum Gasteiger partial charge on any atom is 0.302 e. The number of ketones is 1. The van der Waals surface area contributed by atoms with Crippen LogP contribution in [0.5, 0.6) is 0 Å². The molecule has 0 saturated heterocycles. The normalized spacial score (nSPS) is 49.0. The van der Waals surface area contributed by atoms with Crippen molar-refractivity contribution in [1.82, 2.24) is 0 Å². The Balaban J connectivity index is 1.53. The van der Waals surface area contributed by atoms with Crippen molar-refractivity contribution in [3.8, 4) is 0 Å². The van der Waals surface area contributed by atoms with E-state index in [0.717, 1.165) is 31.6 Å². The standard InChI is InChI=1S/C19H28O4/c1-11(20)23-13-4-2-12-3-5-15-14(16(12)10-13)8-9-19(22)17(15)6-7-18(19)21/h12-17,22H,2-10H2,1H3/t12-,13-,14+,15-,16+,17+,19-/m1/s1. The first-order valence-electron chi connectivity index (χ1n) is 9.42. The van der Waals surface area contributed by atoms with Gasteiger partial charge in [0, 0.05) is 13.3 Å². The fraction of sp³-hybridized carbons (Fsp3) is 0.895. The second kappa shape index (κ2) is 5.58. The minimum absolute atomic E-state index is 0.0820. The monoisotopic (exact) mass is 320 g/mol. The lowest BCUT2D eigenvalue weighted by Gasteiger charge is -2.54.